The molecule has 2 saturated heterocycles. The summed E-state index contributed by atoms with van der Waals surface area (Å²) in [6.45, 7) is 4.12. The van der Waals surface area contributed by atoms with Gasteiger partial charge in [0.1, 0.15) is 6.17 Å². The van der Waals surface area contributed by atoms with Gasteiger partial charge in [-0.1, -0.05) is 37.3 Å². The van der Waals surface area contributed by atoms with Gasteiger partial charge < -0.3 is 4.90 Å². The van der Waals surface area contributed by atoms with Crippen LogP contribution in [0.4, 0.5) is 0 Å². The number of benzene rings is 1. The van der Waals surface area contributed by atoms with E-state index in [1.54, 1.807) is 0 Å². The summed E-state index contributed by atoms with van der Waals surface area (Å²) >= 11 is 1.95. The van der Waals surface area contributed by atoms with Crippen molar-refractivity contribution < 1.29 is 4.79 Å². The maximum Gasteiger partial charge on any atom is 0.244 e. The third-order valence-corrected chi connectivity index (χ3v) is 5.71. The molecule has 0 spiro atoms. The molecule has 0 aliphatic carbocycles. The molecule has 0 radical (unpaired) electrons. The fraction of sp³-hybridized carbons (Fsp3) is 0.562. The van der Waals surface area contributed by atoms with E-state index >= 15 is 0 Å². The first-order valence-electron chi connectivity index (χ1n) is 7.39. The Morgan fingerprint density at radius 1 is 1.40 bits per heavy atom. The summed E-state index contributed by atoms with van der Waals surface area (Å²) in [5.74, 6) is 2.50. The third-order valence-electron chi connectivity index (χ3n) is 4.56. The van der Waals surface area contributed by atoms with E-state index < -0.39 is 5.54 Å². The Balaban J connectivity index is 1.95. The molecule has 0 bridgehead atoms. The Morgan fingerprint density at radius 2 is 2.15 bits per heavy atom. The number of thioether (sulfide) groups is 1. The van der Waals surface area contributed by atoms with Crippen molar-refractivity contribution in [1.82, 2.24) is 10.2 Å². The highest BCUT2D eigenvalue weighted by Crippen LogP contribution is 2.37. The van der Waals surface area contributed by atoms with Crippen molar-refractivity contribution in [3.63, 3.8) is 0 Å². The lowest BCUT2D eigenvalue weighted by molar-refractivity contribution is -0.134. The maximum absolute atomic E-state index is 12.9. The third kappa shape index (κ3) is 2.25. The zero-order chi connectivity index (χ0) is 14.2. The predicted octanol–water partition coefficient (Wildman–Crippen LogP) is 2.79. The highest BCUT2D eigenvalue weighted by molar-refractivity contribution is 7.99. The van der Waals surface area contributed by atoms with E-state index in [2.05, 4.69) is 29.3 Å². The quantitative estimate of drug-likeness (QED) is 0.929. The monoisotopic (exact) mass is 290 g/mol. The van der Waals surface area contributed by atoms with Crippen molar-refractivity contribution in [3.05, 3.63) is 35.9 Å². The molecule has 2 aliphatic rings. The van der Waals surface area contributed by atoms with E-state index in [1.807, 2.05) is 36.9 Å². The SMILES string of the molecule is CCC1(C)NC(c2ccccc2)N(C2CCSC2)C1=O. The molecule has 3 atom stereocenters. The van der Waals surface area contributed by atoms with E-state index in [-0.39, 0.29) is 12.1 Å². The van der Waals surface area contributed by atoms with Gasteiger partial charge >= 0.3 is 0 Å². The largest absolute Gasteiger partial charge is 0.317 e. The molecule has 4 heteroatoms. The fourth-order valence-electron chi connectivity index (χ4n) is 3.09. The molecule has 1 N–H and O–H groups in total. The highest BCUT2D eigenvalue weighted by Gasteiger charge is 2.49. The Kier molecular flexibility index (Phi) is 3.78. The lowest BCUT2D eigenvalue weighted by atomic mass is 9.99. The molecule has 20 heavy (non-hydrogen) atoms. The molecule has 3 unspecified atom stereocenters. The van der Waals surface area contributed by atoms with Crippen LogP contribution in [-0.4, -0.2) is 33.9 Å². The van der Waals surface area contributed by atoms with Crippen molar-refractivity contribution in [1.29, 1.82) is 0 Å². The molecular weight excluding hydrogens is 268 g/mol. The molecule has 0 saturated carbocycles. The molecule has 3 rings (SSSR count). The van der Waals surface area contributed by atoms with Gasteiger partial charge in [0.25, 0.3) is 0 Å². The van der Waals surface area contributed by atoms with Crippen LogP contribution in [0, 0.1) is 0 Å². The zero-order valence-electron chi connectivity index (χ0n) is 12.1. The van der Waals surface area contributed by atoms with Crippen LogP contribution in [0.3, 0.4) is 0 Å². The van der Waals surface area contributed by atoms with Crippen LogP contribution < -0.4 is 5.32 Å². The number of nitrogens with one attached hydrogen (secondary N) is 1. The average Bonchev–Trinajstić information content (AvgIpc) is 3.08. The normalized spacial score (nSPS) is 33.9. The lowest BCUT2D eigenvalue weighted by Gasteiger charge is -2.30. The zero-order valence-corrected chi connectivity index (χ0v) is 13.0. The van der Waals surface area contributed by atoms with Crippen molar-refractivity contribution >= 4 is 17.7 Å². The Bertz CT molecular complexity index is 487. The van der Waals surface area contributed by atoms with E-state index in [9.17, 15) is 4.79 Å². The van der Waals surface area contributed by atoms with E-state index in [4.69, 9.17) is 0 Å². The molecule has 1 aromatic carbocycles. The van der Waals surface area contributed by atoms with Gasteiger partial charge in [0.05, 0.1) is 5.54 Å². The summed E-state index contributed by atoms with van der Waals surface area (Å²) in [6.07, 6.45) is 1.96. The van der Waals surface area contributed by atoms with Crippen molar-refractivity contribution in [3.8, 4) is 0 Å². The first kappa shape index (κ1) is 14.0. The van der Waals surface area contributed by atoms with Crippen LogP contribution >= 0.6 is 11.8 Å². The molecule has 1 aromatic rings. The minimum Gasteiger partial charge on any atom is -0.317 e. The Labute approximate surface area is 125 Å². The smallest absolute Gasteiger partial charge is 0.244 e. The number of hydrogen-bond acceptors (Lipinski definition) is 3. The summed E-state index contributed by atoms with van der Waals surface area (Å²) in [7, 11) is 0. The molecule has 0 aromatic heterocycles. The van der Waals surface area contributed by atoms with Crippen molar-refractivity contribution in [2.24, 2.45) is 0 Å². The summed E-state index contributed by atoms with van der Waals surface area (Å²) in [5.41, 5.74) is 0.767. The Hall–Kier alpha value is -1.00. The van der Waals surface area contributed by atoms with Crippen LogP contribution in [0.25, 0.3) is 0 Å². The first-order valence-corrected chi connectivity index (χ1v) is 8.54. The summed E-state index contributed by atoms with van der Waals surface area (Å²) in [5, 5.41) is 3.58. The van der Waals surface area contributed by atoms with Gasteiger partial charge in [0.15, 0.2) is 0 Å². The minimum atomic E-state index is -0.423. The standard InChI is InChI=1S/C16H22N2OS/c1-3-16(2)15(19)18(13-9-10-20-11-13)14(17-16)12-7-5-4-6-8-12/h4-8,13-14,17H,3,9-11H2,1-2H3. The fourth-order valence-corrected chi connectivity index (χ4v) is 4.29. The minimum absolute atomic E-state index is 0.0253. The number of amides is 1. The van der Waals surface area contributed by atoms with Gasteiger partial charge in [-0.25, -0.2) is 0 Å². The van der Waals surface area contributed by atoms with Crippen molar-refractivity contribution in [2.45, 2.75) is 44.4 Å². The summed E-state index contributed by atoms with van der Waals surface area (Å²) < 4.78 is 0. The lowest BCUT2D eigenvalue weighted by Crippen LogP contribution is -2.45. The number of rotatable bonds is 3. The summed E-state index contributed by atoms with van der Waals surface area (Å²) in [4.78, 5) is 15.0. The maximum atomic E-state index is 12.9. The van der Waals surface area contributed by atoms with Crippen molar-refractivity contribution in [2.75, 3.05) is 11.5 Å². The van der Waals surface area contributed by atoms with Gasteiger partial charge in [0.2, 0.25) is 5.91 Å². The van der Waals surface area contributed by atoms with Crippen LogP contribution in [0.1, 0.15) is 38.4 Å². The molecule has 3 nitrogen and oxygen atoms in total. The van der Waals surface area contributed by atoms with E-state index in [0.717, 1.165) is 18.6 Å². The molecule has 2 aliphatic heterocycles. The number of carbonyl (C=O) groups excluding carboxylic acids is 1. The second-order valence-corrected chi connectivity index (χ2v) is 7.02. The van der Waals surface area contributed by atoms with Crippen LogP contribution in [0.2, 0.25) is 0 Å². The van der Waals surface area contributed by atoms with Gasteiger partial charge in [-0.05, 0) is 31.1 Å². The van der Waals surface area contributed by atoms with Gasteiger partial charge in [-0.15, -0.1) is 0 Å². The molecule has 108 valence electrons. The molecule has 2 fully saturated rings. The number of hydrogen-bond donors (Lipinski definition) is 1. The number of nitrogens with zero attached hydrogens (tertiary/aromatic N) is 1. The number of carbonyl (C=O) groups is 1. The van der Waals surface area contributed by atoms with Crippen LogP contribution in [0.5, 0.6) is 0 Å². The molecular formula is C16H22N2OS. The summed E-state index contributed by atoms with van der Waals surface area (Å²) in [6, 6.07) is 10.7. The van der Waals surface area contributed by atoms with Crippen LogP contribution in [0.15, 0.2) is 30.3 Å². The van der Waals surface area contributed by atoms with Gasteiger partial charge in [-0.2, -0.15) is 11.8 Å². The Morgan fingerprint density at radius 3 is 2.75 bits per heavy atom. The molecule has 1 amide bonds. The van der Waals surface area contributed by atoms with Gasteiger partial charge in [0, 0.05) is 11.8 Å². The van der Waals surface area contributed by atoms with Gasteiger partial charge in [-0.3, -0.25) is 10.1 Å². The van der Waals surface area contributed by atoms with E-state index in [1.165, 1.54) is 11.3 Å². The predicted molar refractivity (Wildman–Crippen MR) is 83.6 cm³/mol. The first-order chi connectivity index (χ1) is 9.65. The molecule has 2 heterocycles. The van der Waals surface area contributed by atoms with E-state index in [0.29, 0.717) is 6.04 Å². The second-order valence-electron chi connectivity index (χ2n) is 5.87. The highest BCUT2D eigenvalue weighted by atomic mass is 32.2. The second kappa shape index (κ2) is 5.41. The average molecular weight is 290 g/mol. The topological polar surface area (TPSA) is 32.3 Å². The van der Waals surface area contributed by atoms with Crippen LogP contribution in [-0.2, 0) is 4.79 Å².